The predicted octanol–water partition coefficient (Wildman–Crippen LogP) is 3.62. The molecule has 0 fully saturated rings. The van der Waals surface area contributed by atoms with Crippen molar-refractivity contribution in [2.45, 2.75) is 25.2 Å². The van der Waals surface area contributed by atoms with Gasteiger partial charge in [0.15, 0.2) is 0 Å². The largest absolute Gasteiger partial charge is 0.573 e. The highest BCUT2D eigenvalue weighted by atomic mass is 19.4. The summed E-state index contributed by atoms with van der Waals surface area (Å²) < 4.78 is 41.0. The van der Waals surface area contributed by atoms with Crippen LogP contribution in [0.15, 0.2) is 54.6 Å². The average molecular weight is 366 g/mol. The van der Waals surface area contributed by atoms with Crippen LogP contribution in [0, 0.1) is 0 Å². The van der Waals surface area contributed by atoms with Crippen molar-refractivity contribution in [1.82, 2.24) is 4.90 Å². The molecule has 2 aromatic rings. The molecule has 2 rings (SSSR count). The van der Waals surface area contributed by atoms with Crippen LogP contribution in [0.5, 0.6) is 5.75 Å². The van der Waals surface area contributed by atoms with E-state index in [0.717, 1.165) is 17.7 Å². The van der Waals surface area contributed by atoms with Gasteiger partial charge < -0.3 is 15.4 Å². The van der Waals surface area contributed by atoms with Crippen molar-refractivity contribution in [3.63, 3.8) is 0 Å². The minimum atomic E-state index is -4.80. The molecule has 1 amide bonds. The van der Waals surface area contributed by atoms with E-state index in [4.69, 9.17) is 5.73 Å². The normalized spacial score (nSPS) is 12.5. The summed E-state index contributed by atoms with van der Waals surface area (Å²) in [5, 5.41) is 0. The maximum atomic E-state index is 12.7. The Morgan fingerprint density at radius 1 is 1.15 bits per heavy atom. The van der Waals surface area contributed by atoms with E-state index in [-0.39, 0.29) is 17.5 Å². The Kier molecular flexibility index (Phi) is 6.63. The van der Waals surface area contributed by atoms with E-state index in [0.29, 0.717) is 19.4 Å². The molecule has 7 heteroatoms. The summed E-state index contributed by atoms with van der Waals surface area (Å²) in [6.07, 6.45) is -3.61. The minimum Gasteiger partial charge on any atom is -0.406 e. The van der Waals surface area contributed by atoms with Crippen molar-refractivity contribution < 1.29 is 22.7 Å². The molecule has 2 aromatic carbocycles. The first-order valence-corrected chi connectivity index (χ1v) is 8.17. The van der Waals surface area contributed by atoms with E-state index in [9.17, 15) is 18.0 Å². The lowest BCUT2D eigenvalue weighted by Gasteiger charge is -2.28. The molecule has 0 spiro atoms. The second kappa shape index (κ2) is 8.71. The van der Waals surface area contributed by atoms with Gasteiger partial charge in [0.25, 0.3) is 5.91 Å². The van der Waals surface area contributed by atoms with Crippen LogP contribution in [0.25, 0.3) is 0 Å². The van der Waals surface area contributed by atoms with Gasteiger partial charge in [-0.15, -0.1) is 13.2 Å². The Hall–Kier alpha value is -2.54. The molecule has 2 N–H and O–H groups in total. The van der Waals surface area contributed by atoms with Gasteiger partial charge in [0.2, 0.25) is 0 Å². The molecular formula is C19H21F3N2O2. The molecule has 0 aliphatic heterocycles. The molecule has 0 aliphatic carbocycles. The molecule has 0 saturated heterocycles. The average Bonchev–Trinajstić information content (AvgIpc) is 2.60. The van der Waals surface area contributed by atoms with Gasteiger partial charge in [-0.3, -0.25) is 4.79 Å². The molecule has 0 aromatic heterocycles. The summed E-state index contributed by atoms with van der Waals surface area (Å²) in [5.74, 6) is -0.804. The third kappa shape index (κ3) is 5.77. The van der Waals surface area contributed by atoms with E-state index in [1.807, 2.05) is 30.3 Å². The van der Waals surface area contributed by atoms with E-state index in [2.05, 4.69) is 4.74 Å². The van der Waals surface area contributed by atoms with E-state index >= 15 is 0 Å². The van der Waals surface area contributed by atoms with Gasteiger partial charge >= 0.3 is 6.36 Å². The summed E-state index contributed by atoms with van der Waals surface area (Å²) in [4.78, 5) is 14.2. The Morgan fingerprint density at radius 2 is 1.85 bits per heavy atom. The zero-order chi connectivity index (χ0) is 19.2. The Balaban J connectivity index is 2.16. The topological polar surface area (TPSA) is 55.6 Å². The van der Waals surface area contributed by atoms with Crippen molar-refractivity contribution in [1.29, 1.82) is 0 Å². The highest BCUT2D eigenvalue weighted by Gasteiger charge is 2.31. The van der Waals surface area contributed by atoms with Crippen LogP contribution in [0.4, 0.5) is 13.2 Å². The molecule has 0 heterocycles. The number of hydrogen-bond donors (Lipinski definition) is 1. The molecule has 4 nitrogen and oxygen atoms in total. The van der Waals surface area contributed by atoms with E-state index in [1.54, 1.807) is 7.05 Å². The molecule has 0 aliphatic rings. The molecule has 0 radical (unpaired) electrons. The molecule has 1 unspecified atom stereocenters. The third-order valence-corrected chi connectivity index (χ3v) is 4.00. The fraction of sp³-hybridized carbons (Fsp3) is 0.316. The smallest absolute Gasteiger partial charge is 0.406 e. The van der Waals surface area contributed by atoms with Crippen LogP contribution in [0.3, 0.4) is 0 Å². The Bertz CT molecular complexity index is 720. The van der Waals surface area contributed by atoms with Gasteiger partial charge in [-0.25, -0.2) is 0 Å². The number of likely N-dealkylation sites (N-methyl/N-ethyl adjacent to an activating group) is 1. The van der Waals surface area contributed by atoms with Crippen LogP contribution in [-0.4, -0.2) is 36.8 Å². The first-order valence-electron chi connectivity index (χ1n) is 8.17. The highest BCUT2D eigenvalue weighted by Crippen LogP contribution is 2.24. The number of rotatable bonds is 7. The van der Waals surface area contributed by atoms with Gasteiger partial charge in [0.05, 0.1) is 0 Å². The lowest BCUT2D eigenvalue weighted by atomic mass is 10.0. The van der Waals surface area contributed by atoms with E-state index < -0.39 is 12.1 Å². The van der Waals surface area contributed by atoms with Crippen LogP contribution in [-0.2, 0) is 6.42 Å². The van der Waals surface area contributed by atoms with E-state index in [1.165, 1.54) is 17.0 Å². The maximum absolute atomic E-state index is 12.7. The second-order valence-corrected chi connectivity index (χ2v) is 5.91. The predicted molar refractivity (Wildman–Crippen MR) is 92.8 cm³/mol. The number of carbonyl (C=O) groups is 1. The number of hydrogen-bond acceptors (Lipinski definition) is 3. The molecule has 140 valence electrons. The lowest BCUT2D eigenvalue weighted by molar-refractivity contribution is -0.274. The molecule has 26 heavy (non-hydrogen) atoms. The first-order chi connectivity index (χ1) is 12.3. The van der Waals surface area contributed by atoms with Crippen molar-refractivity contribution >= 4 is 5.91 Å². The minimum absolute atomic E-state index is 0.129. The highest BCUT2D eigenvalue weighted by molar-refractivity contribution is 5.94. The van der Waals surface area contributed by atoms with Gasteiger partial charge in [-0.05, 0) is 43.1 Å². The quantitative estimate of drug-likeness (QED) is 0.814. The Labute approximate surface area is 150 Å². The number of amides is 1. The number of benzene rings is 2. The van der Waals surface area contributed by atoms with Crippen molar-refractivity contribution in [2.75, 3.05) is 13.6 Å². The Morgan fingerprint density at radius 3 is 2.46 bits per heavy atom. The van der Waals surface area contributed by atoms with Gasteiger partial charge in [-0.2, -0.15) is 0 Å². The zero-order valence-corrected chi connectivity index (χ0v) is 14.4. The number of nitrogens with two attached hydrogens (primary N) is 1. The standard InChI is InChI=1S/C19H21F3N2O2/c1-24(16(10-11-23)12-14-6-3-2-4-7-14)18(25)15-8-5-9-17(13-15)26-19(20,21)22/h2-9,13,16H,10-12,23H2,1H3. The molecule has 0 saturated carbocycles. The molecular weight excluding hydrogens is 345 g/mol. The number of ether oxygens (including phenoxy) is 1. The van der Waals surface area contributed by atoms with Gasteiger partial charge in [0.1, 0.15) is 5.75 Å². The summed E-state index contributed by atoms with van der Waals surface area (Å²) in [7, 11) is 1.63. The fourth-order valence-corrected chi connectivity index (χ4v) is 2.71. The second-order valence-electron chi connectivity index (χ2n) is 5.91. The number of halogens is 3. The van der Waals surface area contributed by atoms with Crippen molar-refractivity contribution in [2.24, 2.45) is 5.73 Å². The summed E-state index contributed by atoms with van der Waals surface area (Å²) in [5.41, 5.74) is 6.85. The summed E-state index contributed by atoms with van der Waals surface area (Å²) in [6, 6.07) is 14.5. The third-order valence-electron chi connectivity index (χ3n) is 4.00. The SMILES string of the molecule is CN(C(=O)c1cccc(OC(F)(F)F)c1)C(CCN)Cc1ccccc1. The number of nitrogens with zero attached hydrogens (tertiary/aromatic N) is 1. The monoisotopic (exact) mass is 366 g/mol. The first kappa shape index (κ1) is 19.8. The fourth-order valence-electron chi connectivity index (χ4n) is 2.71. The van der Waals surface area contributed by atoms with Crippen LogP contribution in [0.2, 0.25) is 0 Å². The van der Waals surface area contributed by atoms with Crippen LogP contribution in [0.1, 0.15) is 22.3 Å². The maximum Gasteiger partial charge on any atom is 0.573 e. The van der Waals surface area contributed by atoms with Crippen molar-refractivity contribution in [3.05, 3.63) is 65.7 Å². The molecule has 0 bridgehead atoms. The number of alkyl halides is 3. The summed E-state index contributed by atoms with van der Waals surface area (Å²) in [6.45, 7) is 0.395. The van der Waals surface area contributed by atoms with Crippen LogP contribution < -0.4 is 10.5 Å². The van der Waals surface area contributed by atoms with Crippen molar-refractivity contribution in [3.8, 4) is 5.75 Å². The van der Waals surface area contributed by atoms with Gasteiger partial charge in [0, 0.05) is 18.7 Å². The van der Waals surface area contributed by atoms with Crippen LogP contribution >= 0.6 is 0 Å². The zero-order valence-electron chi connectivity index (χ0n) is 14.4. The summed E-state index contributed by atoms with van der Waals surface area (Å²) >= 11 is 0. The molecule has 1 atom stereocenters. The lowest BCUT2D eigenvalue weighted by Crippen LogP contribution is -2.39. The number of carbonyl (C=O) groups excluding carboxylic acids is 1. The van der Waals surface area contributed by atoms with Gasteiger partial charge in [-0.1, -0.05) is 36.4 Å².